The van der Waals surface area contributed by atoms with Gasteiger partial charge in [-0.2, -0.15) is 0 Å². The lowest BCUT2D eigenvalue weighted by atomic mass is 10.1. The fraction of sp³-hybridized carbons (Fsp3) is 0.625. The quantitative estimate of drug-likeness (QED) is 0.0156. The molecule has 0 aromatic rings. The number of carbonyl (C=O) groups is 2. The van der Waals surface area contributed by atoms with Crippen molar-refractivity contribution in [3.8, 4) is 0 Å². The van der Waals surface area contributed by atoms with E-state index in [0.29, 0.717) is 17.4 Å². The van der Waals surface area contributed by atoms with Crippen molar-refractivity contribution in [1.82, 2.24) is 0 Å². The highest BCUT2D eigenvalue weighted by molar-refractivity contribution is 7.47. The molecule has 0 bridgehead atoms. The van der Waals surface area contributed by atoms with Crippen LogP contribution in [0.5, 0.6) is 0 Å². The average Bonchev–Trinajstić information content (AvgIpc) is 3.18. The zero-order valence-corrected chi connectivity index (χ0v) is 38.2. The first-order valence-electron chi connectivity index (χ1n) is 22.1. The summed E-state index contributed by atoms with van der Waals surface area (Å²) >= 11 is 0. The number of phosphoric ester groups is 1. The highest BCUT2D eigenvalue weighted by Crippen LogP contribution is 2.43. The van der Waals surface area contributed by atoms with E-state index in [0.717, 1.165) is 77.0 Å². The number of rotatable bonds is 38. The van der Waals surface area contributed by atoms with E-state index in [1.54, 1.807) is 12.2 Å². The molecule has 0 radical (unpaired) electrons. The number of nitrogens with zero attached hydrogens (tertiary/aromatic N) is 1. The number of ether oxygens (including phenoxy) is 2. The van der Waals surface area contributed by atoms with Crippen LogP contribution >= 0.6 is 7.82 Å². The van der Waals surface area contributed by atoms with Crippen molar-refractivity contribution >= 4 is 19.8 Å². The molecule has 0 heterocycles. The average molecular weight is 847 g/mol. The largest absolute Gasteiger partial charge is 0.472 e. The van der Waals surface area contributed by atoms with Gasteiger partial charge in [-0.05, 0) is 77.0 Å². The number of quaternary nitrogens is 1. The van der Waals surface area contributed by atoms with Crippen LogP contribution in [0.3, 0.4) is 0 Å². The number of hydrogen-bond acceptors (Lipinski definition) is 8. The van der Waals surface area contributed by atoms with Gasteiger partial charge in [-0.1, -0.05) is 143 Å². The predicted molar refractivity (Wildman–Crippen MR) is 244 cm³/mol. The summed E-state index contributed by atoms with van der Waals surface area (Å²) in [6.07, 6.45) is 47.9. The summed E-state index contributed by atoms with van der Waals surface area (Å²) in [7, 11) is 1.31. The highest BCUT2D eigenvalue weighted by Gasteiger charge is 2.27. The normalized spacial score (nSPS) is 15.0. The van der Waals surface area contributed by atoms with E-state index in [1.807, 2.05) is 33.3 Å². The maximum absolute atomic E-state index is 12.7. The Morgan fingerprint density at radius 2 is 1.17 bits per heavy atom. The summed E-state index contributed by atoms with van der Waals surface area (Å²) in [6.45, 7) is 3.95. The minimum absolute atomic E-state index is 0.0186. The molecule has 0 fully saturated rings. The van der Waals surface area contributed by atoms with E-state index in [2.05, 4.69) is 86.8 Å². The van der Waals surface area contributed by atoms with Gasteiger partial charge in [0.2, 0.25) is 0 Å². The van der Waals surface area contributed by atoms with Gasteiger partial charge in [-0.25, -0.2) is 4.57 Å². The third-order valence-corrected chi connectivity index (χ3v) is 9.70. The highest BCUT2D eigenvalue weighted by atomic mass is 31.2. The van der Waals surface area contributed by atoms with Gasteiger partial charge in [0.25, 0.3) is 0 Å². The molecule has 10 nitrogen and oxygen atoms in total. The van der Waals surface area contributed by atoms with Gasteiger partial charge in [0.1, 0.15) is 19.8 Å². The lowest BCUT2D eigenvalue weighted by Crippen LogP contribution is -2.37. The van der Waals surface area contributed by atoms with Crippen LogP contribution in [0.25, 0.3) is 0 Å². The molecule has 0 rings (SSSR count). The Labute approximate surface area is 358 Å². The van der Waals surface area contributed by atoms with E-state index in [4.69, 9.17) is 18.5 Å². The molecule has 0 aromatic carbocycles. The second-order valence-electron chi connectivity index (χ2n) is 15.5. The van der Waals surface area contributed by atoms with Crippen molar-refractivity contribution in [2.24, 2.45) is 0 Å². The number of hydrogen-bond donors (Lipinski definition) is 2. The zero-order chi connectivity index (χ0) is 43.7. The molecular weight excluding hydrogens is 766 g/mol. The number of aliphatic hydroxyl groups is 1. The van der Waals surface area contributed by atoms with Crippen LogP contribution in [0, 0.1) is 0 Å². The molecule has 0 aliphatic rings. The fourth-order valence-corrected chi connectivity index (χ4v) is 5.95. The molecule has 0 spiro atoms. The smallest absolute Gasteiger partial charge is 0.462 e. The molecular formula is C48H81NO9P+. The summed E-state index contributed by atoms with van der Waals surface area (Å²) in [4.78, 5) is 35.4. The molecule has 0 saturated heterocycles. The topological polar surface area (TPSA) is 129 Å². The Hall–Kier alpha value is -3.11. The van der Waals surface area contributed by atoms with Crippen LogP contribution in [0.4, 0.5) is 0 Å². The number of unbranched alkanes of at least 4 members (excludes halogenated alkanes) is 8. The Morgan fingerprint density at radius 3 is 1.76 bits per heavy atom. The van der Waals surface area contributed by atoms with Gasteiger partial charge in [0.05, 0.1) is 33.9 Å². The number of esters is 2. The van der Waals surface area contributed by atoms with E-state index in [1.165, 1.54) is 19.3 Å². The fourth-order valence-electron chi connectivity index (χ4n) is 5.21. The summed E-state index contributed by atoms with van der Waals surface area (Å²) in [5.41, 5.74) is 0. The van der Waals surface area contributed by atoms with Crippen LogP contribution in [0.2, 0.25) is 0 Å². The van der Waals surface area contributed by atoms with Gasteiger partial charge >= 0.3 is 19.8 Å². The predicted octanol–water partition coefficient (Wildman–Crippen LogP) is 11.5. The number of phosphoric acid groups is 1. The lowest BCUT2D eigenvalue weighted by Gasteiger charge is -2.24. The first kappa shape index (κ1) is 55.9. The summed E-state index contributed by atoms with van der Waals surface area (Å²) in [5.74, 6) is -1.11. The maximum Gasteiger partial charge on any atom is 0.472 e. The molecule has 2 N–H and O–H groups in total. The van der Waals surface area contributed by atoms with Gasteiger partial charge in [0, 0.05) is 12.8 Å². The molecule has 0 aliphatic heterocycles. The number of carbonyl (C=O) groups excluding carboxylic acids is 2. The summed E-state index contributed by atoms with van der Waals surface area (Å²) in [5, 5.41) is 10.4. The Balaban J connectivity index is 4.65. The van der Waals surface area contributed by atoms with E-state index in [9.17, 15) is 24.2 Å². The summed E-state index contributed by atoms with van der Waals surface area (Å²) < 4.78 is 34.0. The van der Waals surface area contributed by atoms with Gasteiger partial charge in [0.15, 0.2) is 6.10 Å². The standard InChI is InChI=1S/C48H80NO9P/c1-6-8-10-12-14-16-18-20-22-24-25-27-29-31-33-35-37-45(50)39-40-48(52)58-46(44-57-59(53,54)56-42-41-49(3,4)5)43-55-47(51)38-36-34-32-30-28-26-23-21-19-17-15-13-11-9-7-2/h8,10,14-17,20-23,25,27,31,33,35,37,45-46,50H,6-7,9,11-13,18-19,24,26,28-30,32,34,36,38-44H2,1-5H3/p+1/b10-8-,16-14-,17-15-,22-20-,23-21-,27-25-,33-31-,37-35-/t45?,46-/m1/s1. The molecule has 336 valence electrons. The van der Waals surface area contributed by atoms with Crippen molar-refractivity contribution in [3.63, 3.8) is 0 Å². The zero-order valence-electron chi connectivity index (χ0n) is 37.3. The second kappa shape index (κ2) is 39.1. The minimum Gasteiger partial charge on any atom is -0.462 e. The molecule has 0 aromatic heterocycles. The van der Waals surface area contributed by atoms with E-state index in [-0.39, 0.29) is 32.5 Å². The SMILES string of the molecule is CC/C=C\C/C=C\C/C=C\C/C=C\C/C=C\C=C/C(O)CCC(=O)O[C@H](COC(=O)CCCCCCC/C=C\C/C=C\CCCCC)COP(=O)(O)OCC[N+](C)(C)C. The van der Waals surface area contributed by atoms with Crippen molar-refractivity contribution in [3.05, 3.63) is 97.2 Å². The molecule has 0 aliphatic carbocycles. The first-order chi connectivity index (χ1) is 28.4. The van der Waals surface area contributed by atoms with Crippen molar-refractivity contribution in [1.29, 1.82) is 0 Å². The molecule has 11 heteroatoms. The van der Waals surface area contributed by atoms with Crippen molar-refractivity contribution in [2.75, 3.05) is 47.5 Å². The molecule has 3 atom stereocenters. The third-order valence-electron chi connectivity index (χ3n) is 8.72. The van der Waals surface area contributed by atoms with Gasteiger partial charge in [-0.3, -0.25) is 18.6 Å². The Kier molecular flexibility index (Phi) is 37.0. The van der Waals surface area contributed by atoms with Crippen molar-refractivity contribution in [2.45, 2.75) is 148 Å². The van der Waals surface area contributed by atoms with E-state index < -0.39 is 38.6 Å². The number of likely N-dealkylation sites (N-methyl/N-ethyl adjacent to an activating group) is 1. The molecule has 0 saturated carbocycles. The number of aliphatic hydroxyl groups excluding tert-OH is 1. The Morgan fingerprint density at radius 1 is 0.627 bits per heavy atom. The van der Waals surface area contributed by atoms with Gasteiger partial charge in [-0.15, -0.1) is 0 Å². The number of allylic oxidation sites excluding steroid dienone is 15. The van der Waals surface area contributed by atoms with Crippen LogP contribution in [-0.4, -0.2) is 86.1 Å². The van der Waals surface area contributed by atoms with Gasteiger partial charge < -0.3 is 24.0 Å². The second-order valence-corrected chi connectivity index (χ2v) is 17.0. The molecule has 0 amide bonds. The van der Waals surface area contributed by atoms with Crippen LogP contribution in [0.15, 0.2) is 97.2 Å². The molecule has 2 unspecified atom stereocenters. The monoisotopic (exact) mass is 847 g/mol. The lowest BCUT2D eigenvalue weighted by molar-refractivity contribution is -0.870. The van der Waals surface area contributed by atoms with E-state index >= 15 is 0 Å². The Bertz CT molecular complexity index is 1340. The maximum atomic E-state index is 12.7. The first-order valence-corrected chi connectivity index (χ1v) is 23.6. The van der Waals surface area contributed by atoms with Crippen molar-refractivity contribution < 1.29 is 47.2 Å². The van der Waals surface area contributed by atoms with Crippen LogP contribution in [0.1, 0.15) is 136 Å². The summed E-state index contributed by atoms with van der Waals surface area (Å²) in [6, 6.07) is 0. The van der Waals surface area contributed by atoms with Crippen LogP contribution < -0.4 is 0 Å². The van der Waals surface area contributed by atoms with Crippen LogP contribution in [-0.2, 0) is 32.7 Å². The third kappa shape index (κ3) is 42.8. The molecule has 59 heavy (non-hydrogen) atoms. The minimum atomic E-state index is -4.45.